The highest BCUT2D eigenvalue weighted by molar-refractivity contribution is 6.33. The molecule has 1 heterocycles. The Morgan fingerprint density at radius 3 is 2.52 bits per heavy atom. The molecule has 1 amide bonds. The number of nitrogens with zero attached hydrogens (tertiary/aromatic N) is 2. The molecule has 2 aromatic rings. The summed E-state index contributed by atoms with van der Waals surface area (Å²) in [5.41, 5.74) is 3.21. The number of rotatable bonds is 6. The maximum atomic E-state index is 12.7. The molecular weight excluding hydrogens is 407 g/mol. The molecule has 1 saturated heterocycles. The highest BCUT2D eigenvalue weighted by Gasteiger charge is 2.31. The fourth-order valence-corrected chi connectivity index (χ4v) is 4.06. The molecular formula is C23H28Cl2N2O2. The molecule has 0 unspecified atom stereocenters. The van der Waals surface area contributed by atoms with Gasteiger partial charge in [-0.1, -0.05) is 55.2 Å². The first-order valence-corrected chi connectivity index (χ1v) is 10.7. The molecule has 156 valence electrons. The Morgan fingerprint density at radius 1 is 1.14 bits per heavy atom. The van der Waals surface area contributed by atoms with Crippen LogP contribution in [0.5, 0.6) is 0 Å². The normalized spacial score (nSPS) is 17.1. The minimum atomic E-state index is -0.00438. The van der Waals surface area contributed by atoms with Crippen LogP contribution in [0.3, 0.4) is 0 Å². The van der Waals surface area contributed by atoms with Crippen LogP contribution in [0.1, 0.15) is 31.0 Å². The van der Waals surface area contributed by atoms with Crippen molar-refractivity contribution in [3.63, 3.8) is 0 Å². The Kier molecular flexibility index (Phi) is 7.44. The van der Waals surface area contributed by atoms with Gasteiger partial charge in [-0.05, 0) is 48.2 Å². The minimum Gasteiger partial charge on any atom is -0.371 e. The molecule has 0 radical (unpaired) electrons. The van der Waals surface area contributed by atoms with Gasteiger partial charge >= 0.3 is 0 Å². The van der Waals surface area contributed by atoms with Crippen molar-refractivity contribution in [2.75, 3.05) is 37.7 Å². The van der Waals surface area contributed by atoms with Crippen molar-refractivity contribution in [1.82, 2.24) is 4.90 Å². The first kappa shape index (κ1) is 21.9. The number of amides is 1. The quantitative estimate of drug-likeness (QED) is 0.612. The third-order valence-corrected chi connectivity index (χ3v) is 5.63. The van der Waals surface area contributed by atoms with Gasteiger partial charge < -0.3 is 14.5 Å². The number of hydrogen-bond acceptors (Lipinski definition) is 3. The number of aryl methyl sites for hydroxylation is 1. The second-order valence-electron chi connectivity index (χ2n) is 7.96. The van der Waals surface area contributed by atoms with E-state index in [2.05, 4.69) is 30.9 Å². The van der Waals surface area contributed by atoms with Crippen molar-refractivity contribution >= 4 is 34.8 Å². The summed E-state index contributed by atoms with van der Waals surface area (Å²) in [5.74, 6) is 0.435. The molecule has 3 rings (SSSR count). The Labute approximate surface area is 183 Å². The molecule has 0 aromatic heterocycles. The topological polar surface area (TPSA) is 32.8 Å². The Hall–Kier alpha value is -1.75. The lowest BCUT2D eigenvalue weighted by Crippen LogP contribution is -2.51. The summed E-state index contributed by atoms with van der Waals surface area (Å²) < 4.78 is 5.57. The van der Waals surface area contributed by atoms with E-state index in [4.69, 9.17) is 27.9 Å². The Bertz CT molecular complexity index is 839. The second-order valence-corrected chi connectivity index (χ2v) is 8.81. The van der Waals surface area contributed by atoms with Crippen molar-refractivity contribution < 1.29 is 9.53 Å². The largest absolute Gasteiger partial charge is 0.371 e. The first-order chi connectivity index (χ1) is 13.8. The van der Waals surface area contributed by atoms with Gasteiger partial charge in [0.1, 0.15) is 6.61 Å². The molecule has 6 heteroatoms. The van der Waals surface area contributed by atoms with Crippen LogP contribution in [0.15, 0.2) is 42.5 Å². The van der Waals surface area contributed by atoms with Gasteiger partial charge in [0.25, 0.3) is 0 Å². The number of benzene rings is 2. The minimum absolute atomic E-state index is 0.00438. The number of carbonyl (C=O) groups excluding carboxylic acids is 1. The van der Waals surface area contributed by atoms with Crippen molar-refractivity contribution in [2.45, 2.75) is 26.8 Å². The van der Waals surface area contributed by atoms with Gasteiger partial charge in [0.05, 0.1) is 16.8 Å². The zero-order chi connectivity index (χ0) is 21.0. The van der Waals surface area contributed by atoms with Gasteiger partial charge in [-0.15, -0.1) is 0 Å². The summed E-state index contributed by atoms with van der Waals surface area (Å²) >= 11 is 12.7. The van der Waals surface area contributed by atoms with E-state index in [1.54, 1.807) is 0 Å². The molecule has 1 fully saturated rings. The van der Waals surface area contributed by atoms with E-state index < -0.39 is 0 Å². The van der Waals surface area contributed by atoms with Crippen LogP contribution in [-0.2, 0) is 9.53 Å². The number of ether oxygens (including phenoxy) is 1. The third-order valence-electron chi connectivity index (χ3n) is 5.08. The molecule has 4 nitrogen and oxygen atoms in total. The molecule has 0 N–H and O–H groups in total. The maximum absolute atomic E-state index is 12.7. The summed E-state index contributed by atoms with van der Waals surface area (Å²) in [5, 5.41) is 1.42. The van der Waals surface area contributed by atoms with E-state index >= 15 is 0 Å². The SMILES string of the molecule is Cc1ccc(N2CCN(C(=O)COCC(C)C)C[C@H]2c2ccc(Cl)cc2)c(Cl)c1. The van der Waals surface area contributed by atoms with Crippen LogP contribution in [0, 0.1) is 12.8 Å². The summed E-state index contributed by atoms with van der Waals surface area (Å²) in [7, 11) is 0. The van der Waals surface area contributed by atoms with Crippen molar-refractivity contribution in [2.24, 2.45) is 5.92 Å². The summed E-state index contributed by atoms with van der Waals surface area (Å²) in [6, 6.07) is 13.9. The number of hydrogen-bond donors (Lipinski definition) is 0. The Balaban J connectivity index is 1.82. The monoisotopic (exact) mass is 434 g/mol. The Morgan fingerprint density at radius 2 is 1.86 bits per heavy atom. The fourth-order valence-electron chi connectivity index (χ4n) is 3.59. The molecule has 1 atom stereocenters. The van der Waals surface area contributed by atoms with Gasteiger partial charge in [0.2, 0.25) is 5.91 Å². The van der Waals surface area contributed by atoms with E-state index in [9.17, 15) is 4.79 Å². The lowest BCUT2D eigenvalue weighted by Gasteiger charge is -2.43. The van der Waals surface area contributed by atoms with Gasteiger partial charge in [0, 0.05) is 31.3 Å². The summed E-state index contributed by atoms with van der Waals surface area (Å²) in [6.07, 6.45) is 0. The van der Waals surface area contributed by atoms with Crippen molar-refractivity contribution in [1.29, 1.82) is 0 Å². The van der Waals surface area contributed by atoms with E-state index in [0.717, 1.165) is 21.8 Å². The van der Waals surface area contributed by atoms with Gasteiger partial charge in [-0.3, -0.25) is 4.79 Å². The van der Waals surface area contributed by atoms with Crippen LogP contribution in [0.2, 0.25) is 10.0 Å². The number of carbonyl (C=O) groups is 1. The average Bonchev–Trinajstić information content (AvgIpc) is 2.68. The van der Waals surface area contributed by atoms with Gasteiger partial charge in [-0.2, -0.15) is 0 Å². The lowest BCUT2D eigenvalue weighted by atomic mass is 10.0. The first-order valence-electron chi connectivity index (χ1n) is 9.99. The van der Waals surface area contributed by atoms with E-state index in [-0.39, 0.29) is 18.6 Å². The second kappa shape index (κ2) is 9.84. The zero-order valence-electron chi connectivity index (χ0n) is 17.2. The van der Waals surface area contributed by atoms with Crippen molar-refractivity contribution in [3.8, 4) is 0 Å². The zero-order valence-corrected chi connectivity index (χ0v) is 18.7. The molecule has 0 spiro atoms. The fraction of sp³-hybridized carbons (Fsp3) is 0.435. The molecule has 0 aliphatic carbocycles. The van der Waals surface area contributed by atoms with Crippen LogP contribution in [0.25, 0.3) is 0 Å². The number of halogens is 2. The lowest BCUT2D eigenvalue weighted by molar-refractivity contribution is -0.137. The van der Waals surface area contributed by atoms with Crippen LogP contribution >= 0.6 is 23.2 Å². The number of anilines is 1. The van der Waals surface area contributed by atoms with Crippen LogP contribution in [-0.4, -0.2) is 43.7 Å². The molecule has 29 heavy (non-hydrogen) atoms. The van der Waals surface area contributed by atoms with Crippen LogP contribution in [0.4, 0.5) is 5.69 Å². The van der Waals surface area contributed by atoms with Crippen molar-refractivity contribution in [3.05, 3.63) is 63.6 Å². The smallest absolute Gasteiger partial charge is 0.248 e. The summed E-state index contributed by atoms with van der Waals surface area (Å²) in [6.45, 7) is 8.80. The van der Waals surface area contributed by atoms with E-state index in [1.807, 2.05) is 42.2 Å². The molecule has 0 saturated carbocycles. The van der Waals surface area contributed by atoms with E-state index in [0.29, 0.717) is 37.2 Å². The summed E-state index contributed by atoms with van der Waals surface area (Å²) in [4.78, 5) is 16.9. The van der Waals surface area contributed by atoms with Gasteiger partial charge in [0.15, 0.2) is 0 Å². The average molecular weight is 435 g/mol. The third kappa shape index (κ3) is 5.65. The van der Waals surface area contributed by atoms with E-state index in [1.165, 1.54) is 0 Å². The maximum Gasteiger partial charge on any atom is 0.248 e. The molecule has 1 aliphatic heterocycles. The molecule has 1 aliphatic rings. The van der Waals surface area contributed by atoms with Crippen LogP contribution < -0.4 is 4.90 Å². The molecule has 2 aromatic carbocycles. The predicted molar refractivity (Wildman–Crippen MR) is 120 cm³/mol. The van der Waals surface area contributed by atoms with Gasteiger partial charge in [-0.25, -0.2) is 0 Å². The standard InChI is InChI=1S/C23H28Cl2N2O2/c1-16(2)14-29-15-23(28)26-10-11-27(21-9-4-17(3)12-20(21)25)22(13-26)18-5-7-19(24)8-6-18/h4-9,12,16,22H,10-11,13-15H2,1-3H3/t22-/m0/s1. The number of piperazine rings is 1. The molecule has 0 bridgehead atoms. The predicted octanol–water partition coefficient (Wildman–Crippen LogP) is 5.36. The highest BCUT2D eigenvalue weighted by atomic mass is 35.5. The highest BCUT2D eigenvalue weighted by Crippen LogP contribution is 2.36.